The summed E-state index contributed by atoms with van der Waals surface area (Å²) in [6.45, 7) is 46.0. The summed E-state index contributed by atoms with van der Waals surface area (Å²) < 4.78 is 23.3. The first-order valence-electron chi connectivity index (χ1n) is 47.1. The van der Waals surface area contributed by atoms with E-state index < -0.39 is 34.1 Å². The van der Waals surface area contributed by atoms with Crippen molar-refractivity contribution in [3.05, 3.63) is 202 Å². The zero-order chi connectivity index (χ0) is 95.2. The molecule has 2 unspecified atom stereocenters. The lowest BCUT2D eigenvalue weighted by Crippen LogP contribution is -2.42. The van der Waals surface area contributed by atoms with Crippen molar-refractivity contribution in [1.82, 2.24) is 52.7 Å². The summed E-state index contributed by atoms with van der Waals surface area (Å²) >= 11 is 0. The Morgan fingerprint density at radius 2 is 0.784 bits per heavy atom. The Morgan fingerprint density at radius 3 is 1.18 bits per heavy atom. The van der Waals surface area contributed by atoms with Gasteiger partial charge >= 0.3 is 0 Å². The third-order valence-corrected chi connectivity index (χ3v) is 27.7. The van der Waals surface area contributed by atoms with Crippen LogP contribution in [0.5, 0.6) is 0 Å². The van der Waals surface area contributed by atoms with Crippen molar-refractivity contribution < 1.29 is 48.8 Å². The summed E-state index contributed by atoms with van der Waals surface area (Å²) in [5.41, 5.74) is 7.36. The van der Waals surface area contributed by atoms with Crippen molar-refractivity contribution >= 4 is 137 Å². The van der Waals surface area contributed by atoms with E-state index in [1.54, 1.807) is 99.8 Å². The van der Waals surface area contributed by atoms with Crippen LogP contribution in [0.2, 0.25) is 0 Å². The predicted molar refractivity (Wildman–Crippen MR) is 518 cm³/mol. The van der Waals surface area contributed by atoms with Gasteiger partial charge in [-0.15, -0.1) is 0 Å². The number of hydrogen-bond acceptors (Lipinski definition) is 15. The van der Waals surface area contributed by atoms with Crippen LogP contribution in [0.1, 0.15) is 277 Å². The van der Waals surface area contributed by atoms with E-state index in [9.17, 15) is 48.8 Å². The number of amides is 5. The van der Waals surface area contributed by atoms with Crippen LogP contribution >= 0.6 is 0 Å². The third-order valence-electron chi connectivity index (χ3n) is 27.7. The Bertz CT molecular complexity index is 6520. The second-order valence-corrected chi connectivity index (χ2v) is 40.2. The summed E-state index contributed by atoms with van der Waals surface area (Å²) in [5.74, 6) is 1.87. The SMILES string of the molecule is CC(C)(C)CC(=O)Nc1nc2cccc(C(C)(C)O)c2n1C1CCC1.[C-]#[N+]c1ccc2nc(NC(=O)CC(C)(O)C3CCC3)n(C3CCC3)c2c1.[C-]#[N+]c1ccc2nc(NC(=O)CC(C)(O)C3CCCC3)n(C3CCC3)c2c1.[C-]#[N+]c1ccc2nc(NC(=O)CC3(C)CCCC3)n(C3CCC3)c2c1.[C-]#[N+]c1ccc2nc(NC(=O)C[C@](C)(O)c3ccccc3)n(-c3ccc(F)cn3)c2c1. The van der Waals surface area contributed by atoms with Gasteiger partial charge in [-0.3, -0.25) is 55.1 Å². The van der Waals surface area contributed by atoms with Gasteiger partial charge in [-0.05, 0) is 245 Å². The minimum Gasteiger partial charge on any atom is -0.389 e. The zero-order valence-electron chi connectivity index (χ0n) is 78.0. The fourth-order valence-corrected chi connectivity index (χ4v) is 19.3. The molecule has 0 spiro atoms. The number of anilines is 5. The van der Waals surface area contributed by atoms with Gasteiger partial charge in [0.05, 0.1) is 129 Å². The van der Waals surface area contributed by atoms with Gasteiger partial charge in [0.2, 0.25) is 59.3 Å². The quantitative estimate of drug-likeness (QED) is 0.0269. The zero-order valence-corrected chi connectivity index (χ0v) is 78.0. The lowest BCUT2D eigenvalue weighted by Gasteiger charge is -2.38. The molecule has 698 valence electrons. The van der Waals surface area contributed by atoms with Crippen LogP contribution < -0.4 is 26.6 Å². The summed E-state index contributed by atoms with van der Waals surface area (Å²) in [7, 11) is 0. The summed E-state index contributed by atoms with van der Waals surface area (Å²) in [6.07, 6.45) is 27.4. The maximum Gasteiger partial charge on any atom is 0.229 e. The Labute approximate surface area is 780 Å². The number of halogens is 1. The highest BCUT2D eigenvalue weighted by Gasteiger charge is 2.41. The first-order valence-corrected chi connectivity index (χ1v) is 47.1. The maximum absolute atomic E-state index is 13.4. The molecule has 7 aliphatic carbocycles. The lowest BCUT2D eigenvalue weighted by atomic mass is 9.72. The Kier molecular flexibility index (Phi) is 28.5. The number of fused-ring (bicyclic) bond motifs is 5. The first-order chi connectivity index (χ1) is 64.0. The monoisotopic (exact) mass is 1810 g/mol. The number of benzene rings is 6. The molecule has 0 radical (unpaired) electrons. The molecule has 9 N–H and O–H groups in total. The standard InChI is InChI=1S/C23H18FN5O2.C21H26N4O2.C20H24N4O2.C20H24N4O.C20H29N3O2/c1-23(31,15-6-4-3-5-7-15)13-21(30)28-22-27-18-10-9-17(25-2)12-19(18)29(22)20-11-8-16(24)14-26-20;1-21(27,14-6-3-4-7-14)13-19(26)24-20-23-17-11-10-15(22-2)12-18(17)25(20)16-8-5-9-16;1-20(26,13-5-3-6-13)12-18(25)23-19-22-16-10-9-14(21-2)11-17(16)24(19)15-7-4-8-15;1-20(10-3-4-11-20)13-18(25)23-19-22-16-9-8-14(21-2)12-17(16)24(19)15-6-5-7-15;1-19(2,3)12-16(24)22-18-21-15-11-7-10-14(20(4,5)25)17(15)23(18)13-8-6-9-13/h3-12,14,31H,13H2,1H3,(H,27,28,30);10-12,14,16,27H,3-9,13H2,1H3,(H,23,24,26);9-11,13,15,26H,3-8,12H2,1H3,(H,22,23,25);8-9,12,15H,3-7,10-11,13H2,1H3,(H,22,23,25);7,10-11,13,25H,6,8-9,12H2,1-5H3,(H,21,22,24)/t23-;;;;/m0..../s1. The van der Waals surface area contributed by atoms with Crippen molar-refractivity contribution in [2.24, 2.45) is 22.7 Å². The van der Waals surface area contributed by atoms with Crippen molar-refractivity contribution in [1.29, 1.82) is 0 Å². The Hall–Kier alpha value is -13.1. The predicted octanol–water partition coefficient (Wildman–Crippen LogP) is 22.7. The topological polar surface area (TPSA) is 346 Å². The highest BCUT2D eigenvalue weighted by atomic mass is 19.1. The number of pyridine rings is 1. The number of para-hydroxylation sites is 1. The molecule has 0 bridgehead atoms. The number of nitrogens with one attached hydrogen (secondary N) is 5. The number of imidazole rings is 5. The molecule has 7 fully saturated rings. The number of aromatic nitrogens is 11. The molecule has 6 aromatic heterocycles. The molecule has 12 aromatic rings. The maximum atomic E-state index is 13.4. The first kappa shape index (κ1) is 95.5. The molecule has 6 aromatic carbocycles. The van der Waals surface area contributed by atoms with Gasteiger partial charge in [-0.2, -0.15) is 0 Å². The van der Waals surface area contributed by atoms with Crippen molar-refractivity contribution in [2.45, 2.75) is 289 Å². The van der Waals surface area contributed by atoms with Crippen molar-refractivity contribution in [3.8, 4) is 5.82 Å². The normalized spacial score (nSPS) is 17.6. The van der Waals surface area contributed by atoms with E-state index in [4.69, 9.17) is 26.3 Å². The van der Waals surface area contributed by atoms with Crippen LogP contribution in [0.15, 0.2) is 140 Å². The fourth-order valence-electron chi connectivity index (χ4n) is 19.3. The summed E-state index contributed by atoms with van der Waals surface area (Å²) in [6, 6.07) is 40.1. The average molecular weight is 1810 g/mol. The van der Waals surface area contributed by atoms with Gasteiger partial charge in [0.1, 0.15) is 11.6 Å². The van der Waals surface area contributed by atoms with Crippen LogP contribution in [-0.4, -0.2) is 114 Å². The highest BCUT2D eigenvalue weighted by molar-refractivity contribution is 5.97. The Morgan fingerprint density at radius 1 is 0.410 bits per heavy atom. The number of nitrogens with zero attached hydrogens (tertiary/aromatic N) is 15. The molecule has 7 aliphatic rings. The lowest BCUT2D eigenvalue weighted by molar-refractivity contribution is -0.125. The second kappa shape index (κ2) is 40.0. The molecule has 5 amide bonds. The van der Waals surface area contributed by atoms with Crippen LogP contribution in [0.4, 0.5) is 56.9 Å². The smallest absolute Gasteiger partial charge is 0.229 e. The molecule has 0 saturated heterocycles. The molecule has 30 heteroatoms. The van der Waals surface area contributed by atoms with Crippen molar-refractivity contribution in [3.63, 3.8) is 0 Å². The fraction of sp³-hybridized carbons (Fsp3) is 0.471. The van der Waals surface area contributed by atoms with Gasteiger partial charge in [0.15, 0.2) is 22.7 Å². The van der Waals surface area contributed by atoms with E-state index in [-0.39, 0.29) is 71.5 Å². The molecule has 0 aliphatic heterocycles. The highest BCUT2D eigenvalue weighted by Crippen LogP contribution is 2.47. The van der Waals surface area contributed by atoms with E-state index in [0.717, 1.165) is 178 Å². The van der Waals surface area contributed by atoms with Gasteiger partial charge in [0, 0.05) is 42.6 Å². The van der Waals surface area contributed by atoms with Gasteiger partial charge in [0.25, 0.3) is 0 Å². The van der Waals surface area contributed by atoms with E-state index in [0.29, 0.717) is 106 Å². The van der Waals surface area contributed by atoms with Gasteiger partial charge in [-0.25, -0.2) is 53.7 Å². The summed E-state index contributed by atoms with van der Waals surface area (Å²) in [5, 5.41) is 57.4. The van der Waals surface area contributed by atoms with E-state index in [2.05, 4.69) is 101 Å². The number of carbonyl (C=O) groups excluding carboxylic acids is 5. The van der Waals surface area contributed by atoms with E-state index in [1.807, 2.05) is 81.4 Å². The second-order valence-electron chi connectivity index (χ2n) is 40.2. The summed E-state index contributed by atoms with van der Waals surface area (Å²) in [4.78, 5) is 104. The molecule has 3 atom stereocenters. The van der Waals surface area contributed by atoms with Gasteiger partial charge in [-0.1, -0.05) is 127 Å². The number of rotatable bonds is 23. The van der Waals surface area contributed by atoms with Crippen LogP contribution in [0.25, 0.3) is 80.4 Å². The molecule has 19 rings (SSSR count). The van der Waals surface area contributed by atoms with E-state index >= 15 is 0 Å². The van der Waals surface area contributed by atoms with Crippen LogP contribution in [0, 0.1) is 54.8 Å². The molecule has 6 heterocycles. The van der Waals surface area contributed by atoms with Crippen LogP contribution in [0.3, 0.4) is 0 Å². The van der Waals surface area contributed by atoms with E-state index in [1.165, 1.54) is 37.8 Å². The minimum absolute atomic E-state index is 0.0202. The molecule has 134 heavy (non-hydrogen) atoms. The molecular formula is C104H121FN20O9. The molecular weight excluding hydrogens is 1690 g/mol. The minimum atomic E-state index is -1.38. The number of carbonyl (C=O) groups is 5. The molecule has 7 saturated carbocycles. The third kappa shape index (κ3) is 22.0. The van der Waals surface area contributed by atoms with Crippen molar-refractivity contribution in [2.75, 3.05) is 26.6 Å². The Balaban J connectivity index is 0.000000128. The number of aliphatic hydroxyl groups is 4. The van der Waals surface area contributed by atoms with Crippen LogP contribution in [-0.2, 0) is 35.2 Å². The number of hydrogen-bond donors (Lipinski definition) is 9. The largest absolute Gasteiger partial charge is 0.389 e. The average Bonchev–Trinajstić information content (AvgIpc) is 1.59. The van der Waals surface area contributed by atoms with Gasteiger partial charge < -0.3 is 38.7 Å². The molecule has 29 nitrogen and oxygen atoms in total.